The number of nitrogens with two attached hydrogens (primary N) is 1. The van der Waals surface area contributed by atoms with Crippen LogP contribution in [0.2, 0.25) is 0 Å². The van der Waals surface area contributed by atoms with Gasteiger partial charge in [0.25, 0.3) is 0 Å². The van der Waals surface area contributed by atoms with Crippen LogP contribution in [-0.2, 0) is 14.8 Å². The van der Waals surface area contributed by atoms with Gasteiger partial charge in [-0.1, -0.05) is 0 Å². The van der Waals surface area contributed by atoms with Gasteiger partial charge < -0.3 is 4.74 Å². The summed E-state index contributed by atoms with van der Waals surface area (Å²) in [6, 6.07) is 0. The maximum atomic E-state index is 11.8. The Balaban J connectivity index is 2.21. The molecule has 1 aliphatic rings. The fourth-order valence-corrected chi connectivity index (χ4v) is 3.59. The van der Waals surface area contributed by atoms with Crippen LogP contribution < -0.4 is 5.14 Å². The van der Waals surface area contributed by atoms with Crippen LogP contribution in [-0.4, -0.2) is 20.5 Å². The highest BCUT2D eigenvalue weighted by atomic mass is 32.2. The molecule has 1 aromatic rings. The highest BCUT2D eigenvalue weighted by Crippen LogP contribution is 2.28. The predicted octanol–water partition coefficient (Wildman–Crippen LogP) is 1.41. The number of thiophene rings is 1. The van der Waals surface area contributed by atoms with Crippen molar-refractivity contribution in [1.82, 2.24) is 0 Å². The lowest BCUT2D eigenvalue weighted by Crippen LogP contribution is -2.25. The summed E-state index contributed by atoms with van der Waals surface area (Å²) in [6.45, 7) is 1.56. The van der Waals surface area contributed by atoms with Crippen molar-refractivity contribution in [3.8, 4) is 0 Å². The number of sulfonamides is 1. The minimum absolute atomic E-state index is 0.0141. The van der Waals surface area contributed by atoms with Gasteiger partial charge in [0.2, 0.25) is 10.0 Å². The quantitative estimate of drug-likeness (QED) is 0.845. The molecule has 1 aliphatic carbocycles. The molecule has 1 heterocycles. The van der Waals surface area contributed by atoms with E-state index in [-0.39, 0.29) is 10.3 Å². The highest BCUT2D eigenvalue weighted by Gasteiger charge is 2.26. The molecule has 0 aromatic carbocycles. The largest absolute Gasteiger partial charge is 0.459 e. The van der Waals surface area contributed by atoms with Gasteiger partial charge >= 0.3 is 5.97 Å². The molecule has 0 spiro atoms. The van der Waals surface area contributed by atoms with Gasteiger partial charge in [0.15, 0.2) is 0 Å². The molecule has 0 saturated heterocycles. The summed E-state index contributed by atoms with van der Waals surface area (Å²) in [5.74, 6) is -0.460. The lowest BCUT2D eigenvalue weighted by Gasteiger charge is -2.25. The Kier molecular flexibility index (Phi) is 3.24. The van der Waals surface area contributed by atoms with E-state index in [1.54, 1.807) is 6.92 Å². The molecular formula is C10H13NO4S2. The van der Waals surface area contributed by atoms with E-state index in [1.165, 1.54) is 5.38 Å². The Morgan fingerprint density at radius 3 is 2.59 bits per heavy atom. The molecule has 0 amide bonds. The SMILES string of the molecule is Cc1c(C(=O)OC2CCC2)csc1S(N)(=O)=O. The topological polar surface area (TPSA) is 86.5 Å². The molecule has 0 unspecified atom stereocenters. The molecule has 0 radical (unpaired) electrons. The number of hydrogen-bond donors (Lipinski definition) is 1. The number of hydrogen-bond acceptors (Lipinski definition) is 5. The Morgan fingerprint density at radius 2 is 2.18 bits per heavy atom. The maximum Gasteiger partial charge on any atom is 0.339 e. The molecule has 94 valence electrons. The molecular weight excluding hydrogens is 262 g/mol. The monoisotopic (exact) mass is 275 g/mol. The zero-order valence-electron chi connectivity index (χ0n) is 9.30. The lowest BCUT2D eigenvalue weighted by atomic mass is 9.96. The lowest BCUT2D eigenvalue weighted by molar-refractivity contribution is 0.00898. The van der Waals surface area contributed by atoms with Crippen molar-refractivity contribution < 1.29 is 17.9 Å². The molecule has 2 N–H and O–H groups in total. The molecule has 7 heteroatoms. The van der Waals surface area contributed by atoms with Gasteiger partial charge in [0.05, 0.1) is 5.56 Å². The smallest absolute Gasteiger partial charge is 0.339 e. The normalized spacial score (nSPS) is 16.6. The third-order valence-electron chi connectivity index (χ3n) is 2.80. The average Bonchev–Trinajstić information content (AvgIpc) is 2.52. The fraction of sp³-hybridized carbons (Fsp3) is 0.500. The summed E-state index contributed by atoms with van der Waals surface area (Å²) >= 11 is 0.950. The van der Waals surface area contributed by atoms with Gasteiger partial charge in [-0.2, -0.15) is 0 Å². The van der Waals surface area contributed by atoms with Crippen LogP contribution in [0.5, 0.6) is 0 Å². The van der Waals surface area contributed by atoms with Gasteiger partial charge in [-0.3, -0.25) is 0 Å². The van der Waals surface area contributed by atoms with E-state index >= 15 is 0 Å². The standard InChI is InChI=1S/C10H13NO4S2/c1-6-8(5-16-10(6)17(11,13)14)9(12)15-7-3-2-4-7/h5,7H,2-4H2,1H3,(H2,11,13,14). The number of rotatable bonds is 3. The first-order valence-corrected chi connectivity index (χ1v) is 7.64. The number of esters is 1. The van der Waals surface area contributed by atoms with Crippen molar-refractivity contribution in [2.45, 2.75) is 36.5 Å². The minimum atomic E-state index is -3.76. The molecule has 2 rings (SSSR count). The molecule has 1 saturated carbocycles. The Hall–Kier alpha value is -0.920. The van der Waals surface area contributed by atoms with Gasteiger partial charge in [0, 0.05) is 5.38 Å². The Bertz CT molecular complexity index is 543. The number of primary sulfonamides is 1. The van der Waals surface area contributed by atoms with Gasteiger partial charge in [0.1, 0.15) is 10.3 Å². The van der Waals surface area contributed by atoms with Crippen LogP contribution in [0.4, 0.5) is 0 Å². The van der Waals surface area contributed by atoms with Crippen LogP contribution in [0.25, 0.3) is 0 Å². The molecule has 0 atom stereocenters. The molecule has 5 nitrogen and oxygen atoms in total. The molecule has 17 heavy (non-hydrogen) atoms. The van der Waals surface area contributed by atoms with Crippen molar-refractivity contribution in [3.63, 3.8) is 0 Å². The summed E-state index contributed by atoms with van der Waals surface area (Å²) in [4.78, 5) is 11.8. The average molecular weight is 275 g/mol. The summed E-state index contributed by atoms with van der Waals surface area (Å²) in [7, 11) is -3.76. The third kappa shape index (κ3) is 2.51. The number of ether oxygens (including phenoxy) is 1. The van der Waals surface area contributed by atoms with Gasteiger partial charge in [-0.25, -0.2) is 18.4 Å². The van der Waals surface area contributed by atoms with E-state index < -0.39 is 16.0 Å². The summed E-state index contributed by atoms with van der Waals surface area (Å²) in [5, 5.41) is 6.52. The Morgan fingerprint density at radius 1 is 1.53 bits per heavy atom. The van der Waals surface area contributed by atoms with E-state index in [0.717, 1.165) is 30.6 Å². The van der Waals surface area contributed by atoms with Crippen LogP contribution in [0, 0.1) is 6.92 Å². The fourth-order valence-electron chi connectivity index (χ4n) is 1.58. The van der Waals surface area contributed by atoms with Gasteiger partial charge in [-0.05, 0) is 31.7 Å². The first-order valence-electron chi connectivity index (χ1n) is 5.21. The summed E-state index contributed by atoms with van der Waals surface area (Å²) in [5.41, 5.74) is 0.674. The predicted molar refractivity (Wildman–Crippen MR) is 63.5 cm³/mol. The summed E-state index contributed by atoms with van der Waals surface area (Å²) < 4.78 is 27.7. The molecule has 1 aromatic heterocycles. The number of carbonyl (C=O) groups is 1. The van der Waals surface area contributed by atoms with Gasteiger partial charge in [-0.15, -0.1) is 11.3 Å². The summed E-state index contributed by atoms with van der Waals surface area (Å²) in [6.07, 6.45) is 2.83. The third-order valence-corrected chi connectivity index (χ3v) is 5.48. The minimum Gasteiger partial charge on any atom is -0.459 e. The van der Waals surface area contributed by atoms with E-state index in [1.807, 2.05) is 0 Å². The zero-order chi connectivity index (χ0) is 12.6. The van der Waals surface area contributed by atoms with Crippen molar-refractivity contribution in [3.05, 3.63) is 16.5 Å². The second-order valence-corrected chi connectivity index (χ2v) is 6.70. The number of carbonyl (C=O) groups excluding carboxylic acids is 1. The zero-order valence-corrected chi connectivity index (χ0v) is 10.9. The van der Waals surface area contributed by atoms with Crippen LogP contribution in [0.3, 0.4) is 0 Å². The first kappa shape index (κ1) is 12.5. The Labute approximate surface area is 104 Å². The first-order chi connectivity index (χ1) is 7.89. The van der Waals surface area contributed by atoms with Crippen molar-refractivity contribution in [1.29, 1.82) is 0 Å². The highest BCUT2D eigenvalue weighted by molar-refractivity contribution is 7.91. The van der Waals surface area contributed by atoms with Crippen LogP contribution in [0.1, 0.15) is 35.2 Å². The second kappa shape index (κ2) is 4.40. The van der Waals surface area contributed by atoms with Crippen LogP contribution >= 0.6 is 11.3 Å². The second-order valence-electron chi connectivity index (χ2n) is 4.07. The van der Waals surface area contributed by atoms with Crippen molar-refractivity contribution in [2.75, 3.05) is 0 Å². The van der Waals surface area contributed by atoms with Crippen molar-refractivity contribution in [2.24, 2.45) is 5.14 Å². The van der Waals surface area contributed by atoms with E-state index in [2.05, 4.69) is 0 Å². The van der Waals surface area contributed by atoms with Crippen LogP contribution in [0.15, 0.2) is 9.59 Å². The van der Waals surface area contributed by atoms with E-state index in [4.69, 9.17) is 9.88 Å². The molecule has 0 bridgehead atoms. The van der Waals surface area contributed by atoms with Crippen molar-refractivity contribution >= 4 is 27.3 Å². The molecule has 0 aliphatic heterocycles. The molecule has 1 fully saturated rings. The maximum absolute atomic E-state index is 11.8. The van der Waals surface area contributed by atoms with E-state index in [9.17, 15) is 13.2 Å². The van der Waals surface area contributed by atoms with E-state index in [0.29, 0.717) is 11.1 Å².